The van der Waals surface area contributed by atoms with Gasteiger partial charge in [-0.1, -0.05) is 12.1 Å². The number of hydrogen-bond acceptors (Lipinski definition) is 9. The molecule has 4 atom stereocenters. The number of nitrogens with two attached hydrogens (primary N) is 1. The van der Waals surface area contributed by atoms with Gasteiger partial charge in [-0.15, -0.1) is 0 Å². The van der Waals surface area contributed by atoms with Crippen LogP contribution in [0.2, 0.25) is 0 Å². The van der Waals surface area contributed by atoms with Gasteiger partial charge in [0.15, 0.2) is 0 Å². The predicted molar refractivity (Wildman–Crippen MR) is 114 cm³/mol. The number of benzene rings is 1. The minimum absolute atomic E-state index is 0.0253. The number of aliphatic hydroxyl groups is 2. The largest absolute Gasteiger partial charge is 0.465 e. The molecule has 1 aliphatic heterocycles. The second-order valence-electron chi connectivity index (χ2n) is 7.45. The summed E-state index contributed by atoms with van der Waals surface area (Å²) in [4.78, 5) is 35.5. The van der Waals surface area contributed by atoms with Crippen LogP contribution in [-0.2, 0) is 30.4 Å². The van der Waals surface area contributed by atoms with Crippen molar-refractivity contribution in [2.45, 2.75) is 63.8 Å². The highest BCUT2D eigenvalue weighted by atomic mass is 16.7. The summed E-state index contributed by atoms with van der Waals surface area (Å²) in [6.45, 7) is 1.49. The molecule has 11 nitrogen and oxygen atoms in total. The van der Waals surface area contributed by atoms with Crippen LogP contribution in [0.25, 0.3) is 0 Å². The summed E-state index contributed by atoms with van der Waals surface area (Å²) < 4.78 is 21.3. The zero-order valence-electron chi connectivity index (χ0n) is 18.5. The second kappa shape index (κ2) is 13.5. The molecule has 0 spiro atoms. The Labute approximate surface area is 191 Å². The van der Waals surface area contributed by atoms with Gasteiger partial charge in [0.25, 0.3) is 0 Å². The third-order valence-corrected chi connectivity index (χ3v) is 4.84. The molecule has 0 aliphatic carbocycles. The van der Waals surface area contributed by atoms with Crippen LogP contribution < -0.4 is 15.5 Å². The van der Waals surface area contributed by atoms with Crippen molar-refractivity contribution in [1.82, 2.24) is 5.32 Å². The number of aliphatic hydroxyl groups excluding tert-OH is 2. The van der Waals surface area contributed by atoms with Crippen LogP contribution in [0.1, 0.15) is 38.2 Å². The number of Topliss-reactive ketones (excluding diaryl/α,β-unsaturated/α-hetero) is 1. The van der Waals surface area contributed by atoms with Gasteiger partial charge in [-0.05, 0) is 31.0 Å². The zero-order valence-corrected chi connectivity index (χ0v) is 18.5. The molecule has 0 aromatic heterocycles. The quantitative estimate of drug-likeness (QED) is 0.229. The Hall–Kier alpha value is -3.02. The number of nitrogens with one attached hydrogen (secondary N) is 1. The molecule has 1 heterocycles. The fraction of sp³-hybridized carbons (Fsp3) is 0.545. The van der Waals surface area contributed by atoms with E-state index in [1.807, 2.05) is 0 Å². The smallest absolute Gasteiger partial charge is 0.408 e. The van der Waals surface area contributed by atoms with Crippen molar-refractivity contribution in [2.24, 2.45) is 0 Å². The van der Waals surface area contributed by atoms with E-state index in [-0.39, 0.29) is 44.9 Å². The first-order valence-electron chi connectivity index (χ1n) is 10.7. The van der Waals surface area contributed by atoms with E-state index in [0.717, 1.165) is 6.21 Å². The van der Waals surface area contributed by atoms with Crippen LogP contribution in [0.15, 0.2) is 24.3 Å². The number of ketones is 1. The maximum absolute atomic E-state index is 12.1. The molecule has 1 aliphatic rings. The van der Waals surface area contributed by atoms with Gasteiger partial charge in [0.2, 0.25) is 18.3 Å². The lowest BCUT2D eigenvalue weighted by molar-refractivity contribution is -0.184. The Morgan fingerprint density at radius 2 is 1.97 bits per heavy atom. The fourth-order valence-corrected chi connectivity index (χ4v) is 3.15. The highest BCUT2D eigenvalue weighted by molar-refractivity contribution is 6.24. The summed E-state index contributed by atoms with van der Waals surface area (Å²) in [6.07, 6.45) is -1.05. The normalized spacial score (nSPS) is 20.9. The highest BCUT2D eigenvalue weighted by Gasteiger charge is 2.29. The molecule has 1 aromatic carbocycles. The van der Waals surface area contributed by atoms with E-state index in [0.29, 0.717) is 17.7 Å². The SMILES string of the molecule is CCOC(=O)C(CCC(=O)C=[NH2+])NC(=O)OCc1ccc(OC2CC(O)CC(CO)O2)cc1. The second-order valence-corrected chi connectivity index (χ2v) is 7.45. The van der Waals surface area contributed by atoms with Gasteiger partial charge in [0, 0.05) is 19.3 Å². The third kappa shape index (κ3) is 9.16. The van der Waals surface area contributed by atoms with E-state index in [1.54, 1.807) is 31.2 Å². The van der Waals surface area contributed by atoms with Crippen LogP contribution in [0, 0.1) is 0 Å². The van der Waals surface area contributed by atoms with Gasteiger partial charge in [0.05, 0.1) is 25.4 Å². The zero-order chi connectivity index (χ0) is 24.2. The van der Waals surface area contributed by atoms with Crippen molar-refractivity contribution in [1.29, 1.82) is 0 Å². The number of rotatable bonds is 12. The van der Waals surface area contributed by atoms with Gasteiger partial charge in [-0.3, -0.25) is 10.2 Å². The molecule has 182 valence electrons. The van der Waals surface area contributed by atoms with E-state index in [4.69, 9.17) is 24.4 Å². The number of hydrogen-bond donors (Lipinski definition) is 4. The van der Waals surface area contributed by atoms with E-state index in [2.05, 4.69) is 5.32 Å². The van der Waals surface area contributed by atoms with Crippen molar-refractivity contribution >= 4 is 24.1 Å². The standard InChI is InChI=1S/C22H30N2O9/c1-2-30-21(28)19(8-5-15(26)11-23)24-22(29)31-13-14-3-6-17(7-4-14)32-20-10-16(27)9-18(12-25)33-20/h3-4,6-7,11,16,18-20,23,25,27H,2,5,8-10,12-13H2,1H3,(H,24,29)/p+1. The van der Waals surface area contributed by atoms with Gasteiger partial charge < -0.3 is 34.5 Å². The van der Waals surface area contributed by atoms with Crippen molar-refractivity contribution in [3.63, 3.8) is 0 Å². The van der Waals surface area contributed by atoms with Crippen LogP contribution in [0.4, 0.5) is 4.79 Å². The molecule has 1 aromatic rings. The summed E-state index contributed by atoms with van der Waals surface area (Å²) in [6, 6.07) is 5.65. The average Bonchev–Trinajstić information content (AvgIpc) is 2.80. The molecule has 0 radical (unpaired) electrons. The Morgan fingerprint density at radius 1 is 1.24 bits per heavy atom. The first kappa shape index (κ1) is 26.2. The van der Waals surface area contributed by atoms with Gasteiger partial charge in [-0.2, -0.15) is 0 Å². The minimum Gasteiger partial charge on any atom is -0.465 e. The molecule has 1 fully saturated rings. The Bertz CT molecular complexity index is 800. The molecule has 5 N–H and O–H groups in total. The minimum atomic E-state index is -1.04. The van der Waals surface area contributed by atoms with E-state index >= 15 is 0 Å². The first-order chi connectivity index (χ1) is 15.8. The van der Waals surface area contributed by atoms with Crippen molar-refractivity contribution in [2.75, 3.05) is 13.2 Å². The molecule has 0 bridgehead atoms. The Morgan fingerprint density at radius 3 is 2.61 bits per heavy atom. The van der Waals surface area contributed by atoms with E-state index in [9.17, 15) is 24.6 Å². The molecule has 4 unspecified atom stereocenters. The lowest BCUT2D eigenvalue weighted by Gasteiger charge is -2.32. The van der Waals surface area contributed by atoms with E-state index in [1.165, 1.54) is 0 Å². The van der Waals surface area contributed by atoms with Crippen LogP contribution in [0.5, 0.6) is 5.75 Å². The molecule has 0 saturated carbocycles. The predicted octanol–water partition coefficient (Wildman–Crippen LogP) is -0.739. The third-order valence-electron chi connectivity index (χ3n) is 4.84. The number of esters is 1. The lowest BCUT2D eigenvalue weighted by Crippen LogP contribution is -2.43. The first-order valence-corrected chi connectivity index (χ1v) is 10.7. The maximum atomic E-state index is 12.1. The molecule has 11 heteroatoms. The van der Waals surface area contributed by atoms with Crippen molar-refractivity contribution in [3.8, 4) is 5.75 Å². The average molecular weight is 467 g/mol. The molecule has 1 saturated heterocycles. The summed E-state index contributed by atoms with van der Waals surface area (Å²) in [5, 5.41) is 26.6. The number of carbonyl (C=O) groups excluding carboxylic acids is 3. The number of amides is 1. The summed E-state index contributed by atoms with van der Waals surface area (Å²) in [7, 11) is 0. The summed E-state index contributed by atoms with van der Waals surface area (Å²) in [5.41, 5.74) is 0.663. The van der Waals surface area contributed by atoms with Crippen molar-refractivity contribution < 1.29 is 49.0 Å². The summed E-state index contributed by atoms with van der Waals surface area (Å²) >= 11 is 0. The molecule has 2 rings (SSSR count). The Balaban J connectivity index is 1.83. The van der Waals surface area contributed by atoms with E-state index < -0.39 is 36.6 Å². The maximum Gasteiger partial charge on any atom is 0.408 e. The van der Waals surface area contributed by atoms with Gasteiger partial charge in [0.1, 0.15) is 18.4 Å². The molecule has 33 heavy (non-hydrogen) atoms. The van der Waals surface area contributed by atoms with Crippen LogP contribution >= 0.6 is 0 Å². The van der Waals surface area contributed by atoms with Crippen LogP contribution in [0.3, 0.4) is 0 Å². The van der Waals surface area contributed by atoms with Gasteiger partial charge >= 0.3 is 12.1 Å². The lowest BCUT2D eigenvalue weighted by atomic mass is 10.1. The monoisotopic (exact) mass is 467 g/mol. The number of carbonyl (C=O) groups is 3. The van der Waals surface area contributed by atoms with Crippen molar-refractivity contribution in [3.05, 3.63) is 29.8 Å². The van der Waals surface area contributed by atoms with Gasteiger partial charge in [-0.25, -0.2) is 9.59 Å². The Kier molecular flexibility index (Phi) is 10.7. The fourth-order valence-electron chi connectivity index (χ4n) is 3.15. The molecule has 1 amide bonds. The molecular formula is C22H31N2O9+. The number of alkyl carbamates (subject to hydrolysis) is 1. The number of ether oxygens (including phenoxy) is 4. The highest BCUT2D eigenvalue weighted by Crippen LogP contribution is 2.23. The van der Waals surface area contributed by atoms with Crippen LogP contribution in [-0.4, -0.2) is 72.0 Å². The topological polar surface area (TPSA) is 166 Å². The molecular weight excluding hydrogens is 436 g/mol. The summed E-state index contributed by atoms with van der Waals surface area (Å²) in [5.74, 6) is -0.538.